The molecular formula is C26H37FIN5O4. The summed E-state index contributed by atoms with van der Waals surface area (Å²) in [7, 11) is 1.19. The first-order chi connectivity index (χ1) is 18.0. The molecule has 0 saturated heterocycles. The summed E-state index contributed by atoms with van der Waals surface area (Å²) >= 11 is 2.16. The molecule has 204 valence electrons. The number of carbonyl (C=O) groups excluding carboxylic acids is 2. The van der Waals surface area contributed by atoms with Crippen molar-refractivity contribution < 1.29 is 23.5 Å². The number of halogens is 2. The van der Waals surface area contributed by atoms with Crippen molar-refractivity contribution in [2.24, 2.45) is 5.73 Å². The third-order valence-corrected chi connectivity index (χ3v) is 6.48. The number of ether oxygens (including phenoxy) is 2. The van der Waals surface area contributed by atoms with E-state index in [1.165, 1.54) is 13.2 Å². The van der Waals surface area contributed by atoms with Crippen LogP contribution in [-0.4, -0.2) is 58.4 Å². The fraction of sp³-hybridized carbons (Fsp3) is 0.462. The van der Waals surface area contributed by atoms with Crippen LogP contribution in [0.4, 0.5) is 20.6 Å². The van der Waals surface area contributed by atoms with Gasteiger partial charge >= 0.3 is 12.1 Å². The molecular weight excluding hydrogens is 592 g/mol. The Hall–Kier alpha value is -2.48. The molecule has 2 aromatic rings. The van der Waals surface area contributed by atoms with E-state index in [0.29, 0.717) is 13.1 Å². The van der Waals surface area contributed by atoms with Crippen LogP contribution in [0.2, 0.25) is 0 Å². The van der Waals surface area contributed by atoms with Gasteiger partial charge in [0.25, 0.3) is 0 Å². The monoisotopic (exact) mass is 629 g/mol. The number of benzene rings is 2. The van der Waals surface area contributed by atoms with Gasteiger partial charge in [0.15, 0.2) is 0 Å². The zero-order valence-corrected chi connectivity index (χ0v) is 23.4. The van der Waals surface area contributed by atoms with Crippen molar-refractivity contribution in [1.82, 2.24) is 10.6 Å². The molecule has 37 heavy (non-hydrogen) atoms. The normalized spacial score (nSPS) is 10.7. The van der Waals surface area contributed by atoms with Gasteiger partial charge in [0, 0.05) is 15.7 Å². The number of hydrogen-bond acceptors (Lipinski definition) is 8. The van der Waals surface area contributed by atoms with Crippen LogP contribution in [0.15, 0.2) is 36.4 Å². The van der Waals surface area contributed by atoms with Gasteiger partial charge in [-0.1, -0.05) is 18.2 Å². The number of anilines is 2. The van der Waals surface area contributed by atoms with Gasteiger partial charge in [0.1, 0.15) is 12.4 Å². The highest BCUT2D eigenvalue weighted by Crippen LogP contribution is 2.26. The van der Waals surface area contributed by atoms with E-state index in [-0.39, 0.29) is 23.5 Å². The molecule has 2 aromatic carbocycles. The molecule has 11 heteroatoms. The van der Waals surface area contributed by atoms with Gasteiger partial charge < -0.3 is 31.2 Å². The number of carbonyl (C=O) groups is 2. The van der Waals surface area contributed by atoms with Crippen LogP contribution in [0.3, 0.4) is 0 Å². The Morgan fingerprint density at radius 1 is 0.946 bits per heavy atom. The number of nitrogens with two attached hydrogens (primary N) is 1. The van der Waals surface area contributed by atoms with Crippen molar-refractivity contribution in [2.45, 2.75) is 32.3 Å². The topological polar surface area (TPSA) is 127 Å². The molecule has 1 amide bonds. The second kappa shape index (κ2) is 17.9. The minimum absolute atomic E-state index is 0.0581. The highest BCUT2D eigenvalue weighted by molar-refractivity contribution is 14.1. The minimum Gasteiger partial charge on any atom is -0.465 e. The number of hydrogen-bond donors (Lipinski definition) is 5. The first-order valence-corrected chi connectivity index (χ1v) is 13.5. The predicted molar refractivity (Wildman–Crippen MR) is 152 cm³/mol. The third kappa shape index (κ3) is 11.6. The average molecular weight is 630 g/mol. The zero-order valence-electron chi connectivity index (χ0n) is 21.2. The molecule has 0 spiro atoms. The third-order valence-electron chi connectivity index (χ3n) is 5.43. The van der Waals surface area contributed by atoms with E-state index in [1.807, 2.05) is 24.3 Å². The average Bonchev–Trinajstić information content (AvgIpc) is 2.89. The van der Waals surface area contributed by atoms with Crippen LogP contribution in [-0.2, 0) is 16.1 Å². The quantitative estimate of drug-likeness (QED) is 0.101. The van der Waals surface area contributed by atoms with E-state index in [1.54, 1.807) is 0 Å². The molecule has 2 rings (SSSR count). The van der Waals surface area contributed by atoms with Crippen LogP contribution in [0.5, 0.6) is 0 Å². The Labute approximate surface area is 231 Å². The molecule has 0 saturated carbocycles. The summed E-state index contributed by atoms with van der Waals surface area (Å²) in [6.07, 6.45) is 3.17. The fourth-order valence-corrected chi connectivity index (χ4v) is 3.95. The van der Waals surface area contributed by atoms with Gasteiger partial charge in [0.05, 0.1) is 24.0 Å². The number of amides is 1. The molecule has 0 unspecified atom stereocenters. The number of nitrogens with one attached hydrogen (secondary N) is 4. The number of rotatable bonds is 17. The summed E-state index contributed by atoms with van der Waals surface area (Å²) in [5.74, 6) is -1.38. The lowest BCUT2D eigenvalue weighted by atomic mass is 10.1. The van der Waals surface area contributed by atoms with E-state index in [9.17, 15) is 14.0 Å². The summed E-state index contributed by atoms with van der Waals surface area (Å²) in [5.41, 5.74) is 6.48. The maximum atomic E-state index is 14.7. The summed E-state index contributed by atoms with van der Waals surface area (Å²) in [6, 6.07) is 9.92. The molecule has 0 aliphatic rings. The Morgan fingerprint density at radius 2 is 1.62 bits per heavy atom. The maximum Gasteiger partial charge on any atom is 0.411 e. The van der Waals surface area contributed by atoms with E-state index < -0.39 is 17.9 Å². The molecule has 0 fully saturated rings. The molecule has 0 radical (unpaired) electrons. The predicted octanol–water partition coefficient (Wildman–Crippen LogP) is 4.08. The minimum atomic E-state index is -0.767. The molecule has 6 N–H and O–H groups in total. The molecule has 0 aliphatic heterocycles. The molecule has 0 aliphatic carbocycles. The van der Waals surface area contributed by atoms with E-state index in [4.69, 9.17) is 15.2 Å². The van der Waals surface area contributed by atoms with Crippen molar-refractivity contribution in [3.8, 4) is 0 Å². The first-order valence-electron chi connectivity index (χ1n) is 12.4. The summed E-state index contributed by atoms with van der Waals surface area (Å²) in [4.78, 5) is 24.6. The lowest BCUT2D eigenvalue weighted by molar-refractivity contribution is 0.0601. The standard InChI is InChI=1S/C26H37FIN5O4/c1-36-25(34)20-16-21(27)24(32-15-7-14-31-12-5-4-11-30-13-6-10-29)17-23(20)33-26(35)37-18-19-8-2-3-9-22(19)28/h2-3,8-9,16-17,30-32H,4-7,10-15,18,29H2,1H3,(H,33,35). The number of esters is 1. The van der Waals surface area contributed by atoms with Crippen molar-refractivity contribution in [2.75, 3.05) is 57.0 Å². The van der Waals surface area contributed by atoms with Crippen molar-refractivity contribution in [3.63, 3.8) is 0 Å². The Morgan fingerprint density at radius 3 is 2.30 bits per heavy atom. The molecule has 9 nitrogen and oxygen atoms in total. The van der Waals surface area contributed by atoms with Crippen LogP contribution in [0.1, 0.15) is 41.6 Å². The number of methoxy groups -OCH3 is 1. The van der Waals surface area contributed by atoms with Gasteiger partial charge in [-0.3, -0.25) is 5.32 Å². The highest BCUT2D eigenvalue weighted by atomic mass is 127. The summed E-state index contributed by atoms with van der Waals surface area (Å²) in [5, 5.41) is 12.3. The summed E-state index contributed by atoms with van der Waals surface area (Å²) in [6.45, 7) is 4.92. The van der Waals surface area contributed by atoms with Crippen LogP contribution < -0.4 is 27.0 Å². The van der Waals surface area contributed by atoms with Gasteiger partial charge in [-0.2, -0.15) is 0 Å². The van der Waals surface area contributed by atoms with Gasteiger partial charge in [-0.25, -0.2) is 14.0 Å². The molecule has 0 heterocycles. The molecule has 0 aromatic heterocycles. The lowest BCUT2D eigenvalue weighted by Crippen LogP contribution is -2.22. The van der Waals surface area contributed by atoms with Crippen molar-refractivity contribution >= 4 is 46.0 Å². The van der Waals surface area contributed by atoms with Crippen LogP contribution in [0.25, 0.3) is 0 Å². The van der Waals surface area contributed by atoms with E-state index in [2.05, 4.69) is 43.9 Å². The second-order valence-corrected chi connectivity index (χ2v) is 9.45. The second-order valence-electron chi connectivity index (χ2n) is 8.29. The van der Waals surface area contributed by atoms with E-state index in [0.717, 1.165) is 67.1 Å². The Bertz CT molecular complexity index is 995. The zero-order chi connectivity index (χ0) is 26.9. The lowest BCUT2D eigenvalue weighted by Gasteiger charge is -2.15. The molecule has 0 bridgehead atoms. The number of unbranched alkanes of at least 4 members (excludes halogenated alkanes) is 1. The largest absolute Gasteiger partial charge is 0.465 e. The van der Waals surface area contributed by atoms with Gasteiger partial charge in [0.2, 0.25) is 0 Å². The van der Waals surface area contributed by atoms with Gasteiger partial charge in [-0.05, 0) is 99.2 Å². The fourth-order valence-electron chi connectivity index (χ4n) is 3.41. The first kappa shape index (κ1) is 30.7. The van der Waals surface area contributed by atoms with E-state index >= 15 is 0 Å². The maximum absolute atomic E-state index is 14.7. The molecule has 0 atom stereocenters. The highest BCUT2D eigenvalue weighted by Gasteiger charge is 2.19. The van der Waals surface area contributed by atoms with Gasteiger partial charge in [-0.15, -0.1) is 0 Å². The Kier molecular flexibility index (Phi) is 14.9. The summed E-state index contributed by atoms with van der Waals surface area (Å²) < 4.78 is 25.7. The SMILES string of the molecule is COC(=O)c1cc(F)c(NCCCNCCCCNCCCN)cc1NC(=O)OCc1ccccc1I. The van der Waals surface area contributed by atoms with Crippen LogP contribution >= 0.6 is 22.6 Å². The smallest absolute Gasteiger partial charge is 0.411 e. The Balaban J connectivity index is 1.82. The van der Waals surface area contributed by atoms with Crippen LogP contribution in [0, 0.1) is 9.39 Å². The van der Waals surface area contributed by atoms with Crippen molar-refractivity contribution in [1.29, 1.82) is 0 Å². The van der Waals surface area contributed by atoms with Crippen molar-refractivity contribution in [3.05, 3.63) is 56.9 Å².